The maximum absolute atomic E-state index is 12.4. The number of aromatic hydroxyl groups is 1. The molecule has 0 spiro atoms. The number of ketones is 1. The number of fused-ring (bicyclic) bond motifs is 1. The summed E-state index contributed by atoms with van der Waals surface area (Å²) in [7, 11) is 0. The number of phenols is 1. The lowest BCUT2D eigenvalue weighted by Crippen LogP contribution is -2.07. The van der Waals surface area contributed by atoms with Gasteiger partial charge in [0.2, 0.25) is 0 Å². The van der Waals surface area contributed by atoms with Crippen molar-refractivity contribution in [2.45, 2.75) is 33.6 Å². The molecular weight excluding hydrogens is 284 g/mol. The van der Waals surface area contributed by atoms with Gasteiger partial charge in [-0.1, -0.05) is 30.4 Å². The Labute approximate surface area is 137 Å². The third-order valence-corrected chi connectivity index (χ3v) is 4.69. The number of rotatable bonds is 3. The third kappa shape index (κ3) is 2.81. The van der Waals surface area contributed by atoms with Gasteiger partial charge in [0.25, 0.3) is 0 Å². The minimum atomic E-state index is 0.0831. The van der Waals surface area contributed by atoms with Crippen LogP contribution < -0.4 is 0 Å². The first kappa shape index (κ1) is 15.5. The second-order valence-electron chi connectivity index (χ2n) is 6.40. The van der Waals surface area contributed by atoms with Gasteiger partial charge in [-0.3, -0.25) is 4.79 Å². The second kappa shape index (κ2) is 6.04. The van der Waals surface area contributed by atoms with Gasteiger partial charge in [-0.15, -0.1) is 0 Å². The normalized spacial score (nSPS) is 17.0. The molecule has 0 amide bonds. The lowest BCUT2D eigenvalue weighted by molar-refractivity contribution is 0.0938. The van der Waals surface area contributed by atoms with E-state index in [1.807, 2.05) is 51.1 Å². The van der Waals surface area contributed by atoms with E-state index in [-0.39, 0.29) is 11.7 Å². The monoisotopic (exact) mass is 306 g/mol. The minimum Gasteiger partial charge on any atom is -0.507 e. The molecule has 0 saturated carbocycles. The summed E-state index contributed by atoms with van der Waals surface area (Å²) in [6.07, 6.45) is 5.71. The van der Waals surface area contributed by atoms with Gasteiger partial charge >= 0.3 is 0 Å². The Morgan fingerprint density at radius 2 is 1.83 bits per heavy atom. The Balaban J connectivity index is 1.96. The Kier molecular flexibility index (Phi) is 4.08. The van der Waals surface area contributed by atoms with Gasteiger partial charge in [-0.25, -0.2) is 0 Å². The lowest BCUT2D eigenvalue weighted by Gasteiger charge is -2.09. The van der Waals surface area contributed by atoms with Crippen LogP contribution in [0.5, 0.6) is 5.75 Å². The maximum Gasteiger partial charge on any atom is 0.166 e. The predicted molar refractivity (Wildman–Crippen MR) is 94.0 cm³/mol. The fraction of sp³-hybridized carbons (Fsp3) is 0.286. The zero-order valence-corrected chi connectivity index (χ0v) is 13.9. The first-order valence-electron chi connectivity index (χ1n) is 8.10. The van der Waals surface area contributed by atoms with Gasteiger partial charge in [0, 0.05) is 11.5 Å². The highest BCUT2D eigenvalue weighted by Gasteiger charge is 2.29. The van der Waals surface area contributed by atoms with Crippen molar-refractivity contribution < 1.29 is 9.90 Å². The van der Waals surface area contributed by atoms with E-state index in [0.717, 1.165) is 46.2 Å². The number of carbonyl (C=O) groups excluding carboxylic acids is 1. The van der Waals surface area contributed by atoms with Crippen molar-refractivity contribution >= 4 is 5.78 Å². The molecule has 1 atom stereocenters. The lowest BCUT2D eigenvalue weighted by atomic mass is 9.97. The summed E-state index contributed by atoms with van der Waals surface area (Å²) in [6.45, 7) is 5.81. The van der Waals surface area contributed by atoms with Crippen LogP contribution in [-0.4, -0.2) is 10.9 Å². The summed E-state index contributed by atoms with van der Waals surface area (Å²) >= 11 is 0. The van der Waals surface area contributed by atoms with Crippen LogP contribution in [0.1, 0.15) is 40.4 Å². The molecule has 118 valence electrons. The highest BCUT2D eigenvalue weighted by molar-refractivity contribution is 6.02. The SMILES string of the molecule is CC=CCC1Cc2cc(-c3cc(C)c(O)c(C)c3)ccc2C1=O. The molecule has 2 nitrogen and oxygen atoms in total. The Bertz CT molecular complexity index is 776. The van der Waals surface area contributed by atoms with Crippen LogP contribution in [0.2, 0.25) is 0 Å². The molecule has 0 aliphatic heterocycles. The topological polar surface area (TPSA) is 37.3 Å². The van der Waals surface area contributed by atoms with E-state index in [2.05, 4.69) is 12.1 Å². The summed E-state index contributed by atoms with van der Waals surface area (Å²) in [5.41, 5.74) is 5.96. The molecular formula is C21H22O2. The summed E-state index contributed by atoms with van der Waals surface area (Å²) < 4.78 is 0. The number of aryl methyl sites for hydroxylation is 2. The Morgan fingerprint density at radius 1 is 1.13 bits per heavy atom. The number of hydrogen-bond acceptors (Lipinski definition) is 2. The molecule has 0 bridgehead atoms. The largest absolute Gasteiger partial charge is 0.507 e. The molecule has 2 aromatic carbocycles. The van der Waals surface area contributed by atoms with E-state index in [4.69, 9.17) is 0 Å². The molecule has 3 rings (SSSR count). The van der Waals surface area contributed by atoms with Crippen molar-refractivity contribution in [2.75, 3.05) is 0 Å². The molecule has 0 fully saturated rings. The van der Waals surface area contributed by atoms with Gasteiger partial charge in [-0.05, 0) is 73.6 Å². The molecule has 0 aromatic heterocycles. The van der Waals surface area contributed by atoms with Gasteiger partial charge in [0.15, 0.2) is 5.78 Å². The summed E-state index contributed by atoms with van der Waals surface area (Å²) in [4.78, 5) is 12.4. The predicted octanol–water partition coefficient (Wildman–Crippen LogP) is 5.00. The molecule has 0 saturated heterocycles. The van der Waals surface area contributed by atoms with Gasteiger partial charge in [0.1, 0.15) is 5.75 Å². The molecule has 1 aliphatic carbocycles. The first-order chi connectivity index (χ1) is 11.0. The number of allylic oxidation sites excluding steroid dienone is 2. The van der Waals surface area contributed by atoms with Gasteiger partial charge < -0.3 is 5.11 Å². The molecule has 0 radical (unpaired) electrons. The number of Topliss-reactive ketones (excluding diaryl/α,β-unsaturated/α-hetero) is 1. The van der Waals surface area contributed by atoms with Crippen LogP contribution in [0.15, 0.2) is 42.5 Å². The van der Waals surface area contributed by atoms with Crippen LogP contribution in [-0.2, 0) is 6.42 Å². The van der Waals surface area contributed by atoms with Crippen molar-refractivity contribution in [2.24, 2.45) is 5.92 Å². The van der Waals surface area contributed by atoms with Crippen LogP contribution >= 0.6 is 0 Å². The zero-order valence-electron chi connectivity index (χ0n) is 13.9. The van der Waals surface area contributed by atoms with E-state index >= 15 is 0 Å². The molecule has 23 heavy (non-hydrogen) atoms. The van der Waals surface area contributed by atoms with Crippen molar-refractivity contribution in [1.82, 2.24) is 0 Å². The number of carbonyl (C=O) groups is 1. The average molecular weight is 306 g/mol. The van der Waals surface area contributed by atoms with E-state index in [9.17, 15) is 9.90 Å². The maximum atomic E-state index is 12.4. The molecule has 1 unspecified atom stereocenters. The van der Waals surface area contributed by atoms with Crippen LogP contribution in [0.3, 0.4) is 0 Å². The first-order valence-corrected chi connectivity index (χ1v) is 8.10. The average Bonchev–Trinajstić information content (AvgIpc) is 2.85. The van der Waals surface area contributed by atoms with Gasteiger partial charge in [-0.2, -0.15) is 0 Å². The standard InChI is InChI=1S/C21H22O2/c1-4-5-6-16-12-18-11-15(7-8-19(18)21(16)23)17-9-13(2)20(22)14(3)10-17/h4-5,7-11,16,22H,6,12H2,1-3H3. The third-order valence-electron chi connectivity index (χ3n) is 4.69. The molecule has 1 aliphatic rings. The highest BCUT2D eigenvalue weighted by atomic mass is 16.3. The van der Waals surface area contributed by atoms with Crippen molar-refractivity contribution in [3.63, 3.8) is 0 Å². The van der Waals surface area contributed by atoms with Crippen molar-refractivity contribution in [3.8, 4) is 16.9 Å². The van der Waals surface area contributed by atoms with E-state index in [1.165, 1.54) is 0 Å². The molecule has 2 heteroatoms. The fourth-order valence-electron chi connectivity index (χ4n) is 3.37. The van der Waals surface area contributed by atoms with Crippen LogP contribution in [0.25, 0.3) is 11.1 Å². The molecule has 1 N–H and O–H groups in total. The summed E-state index contributed by atoms with van der Waals surface area (Å²) in [6, 6.07) is 10.1. The minimum absolute atomic E-state index is 0.0831. The summed E-state index contributed by atoms with van der Waals surface area (Å²) in [5.74, 6) is 0.707. The highest BCUT2D eigenvalue weighted by Crippen LogP contribution is 2.34. The second-order valence-corrected chi connectivity index (χ2v) is 6.40. The van der Waals surface area contributed by atoms with Crippen LogP contribution in [0, 0.1) is 19.8 Å². The quantitative estimate of drug-likeness (QED) is 0.810. The zero-order chi connectivity index (χ0) is 16.6. The summed E-state index contributed by atoms with van der Waals surface area (Å²) in [5, 5.41) is 9.93. The van der Waals surface area contributed by atoms with Crippen molar-refractivity contribution in [3.05, 3.63) is 64.7 Å². The van der Waals surface area contributed by atoms with Crippen LogP contribution in [0.4, 0.5) is 0 Å². The number of phenolic OH excluding ortho intramolecular Hbond substituents is 1. The molecule has 0 heterocycles. The molecule has 2 aromatic rings. The fourth-order valence-corrected chi connectivity index (χ4v) is 3.37. The number of benzene rings is 2. The number of hydrogen-bond donors (Lipinski definition) is 1. The van der Waals surface area contributed by atoms with Crippen molar-refractivity contribution in [1.29, 1.82) is 0 Å². The van der Waals surface area contributed by atoms with E-state index in [1.54, 1.807) is 0 Å². The Hall–Kier alpha value is -2.35. The van der Waals surface area contributed by atoms with E-state index in [0.29, 0.717) is 5.75 Å². The Morgan fingerprint density at radius 3 is 2.48 bits per heavy atom. The van der Waals surface area contributed by atoms with Gasteiger partial charge in [0.05, 0.1) is 0 Å². The smallest absolute Gasteiger partial charge is 0.166 e. The van der Waals surface area contributed by atoms with E-state index < -0.39 is 0 Å².